The molecule has 0 unspecified atom stereocenters. The Morgan fingerprint density at radius 1 is 1.22 bits per heavy atom. The molecule has 6 heteroatoms. The van der Waals surface area contributed by atoms with E-state index in [0.29, 0.717) is 12.5 Å². The fourth-order valence-corrected chi connectivity index (χ4v) is 5.36. The van der Waals surface area contributed by atoms with Crippen LogP contribution in [0.2, 0.25) is 0 Å². The number of hydrogen-bond acceptors (Lipinski definition) is 3. The minimum Gasteiger partial charge on any atom is -0.352 e. The van der Waals surface area contributed by atoms with Crippen LogP contribution >= 0.6 is 11.3 Å². The summed E-state index contributed by atoms with van der Waals surface area (Å²) in [4.78, 5) is 17.8. The molecule has 1 N–H and O–H groups in total. The Labute approximate surface area is 193 Å². The monoisotopic (exact) mass is 453 g/mol. The zero-order valence-corrected chi connectivity index (χ0v) is 19.8. The van der Waals surface area contributed by atoms with Crippen LogP contribution in [-0.4, -0.2) is 22.0 Å². The summed E-state index contributed by atoms with van der Waals surface area (Å²) in [5.41, 5.74) is 4.53. The SMILES string of the molecule is CCCCNC(=O)c1cc(-c2csc(-c3ccc(F)cc3)n2)n(CC2CCCCC2)c1C. The average molecular weight is 454 g/mol. The number of aromatic nitrogens is 2. The molecule has 1 aliphatic rings. The average Bonchev–Trinajstić information content (AvgIpc) is 3.41. The van der Waals surface area contributed by atoms with E-state index in [9.17, 15) is 9.18 Å². The minimum absolute atomic E-state index is 0.00594. The lowest BCUT2D eigenvalue weighted by molar-refractivity contribution is 0.0952. The predicted octanol–water partition coefficient (Wildman–Crippen LogP) is 6.84. The molecule has 1 amide bonds. The lowest BCUT2D eigenvalue weighted by atomic mass is 9.89. The van der Waals surface area contributed by atoms with Crippen LogP contribution < -0.4 is 5.32 Å². The second-order valence-electron chi connectivity index (χ2n) is 8.80. The van der Waals surface area contributed by atoms with Gasteiger partial charge in [-0.3, -0.25) is 4.79 Å². The number of amides is 1. The number of rotatable bonds is 8. The van der Waals surface area contributed by atoms with Gasteiger partial charge < -0.3 is 9.88 Å². The van der Waals surface area contributed by atoms with Crippen molar-refractivity contribution in [3.8, 4) is 22.0 Å². The van der Waals surface area contributed by atoms with Crippen LogP contribution in [0.5, 0.6) is 0 Å². The lowest BCUT2D eigenvalue weighted by Gasteiger charge is -2.24. The Morgan fingerprint density at radius 3 is 2.69 bits per heavy atom. The molecule has 1 aliphatic carbocycles. The van der Waals surface area contributed by atoms with Gasteiger partial charge in [0, 0.05) is 29.7 Å². The molecule has 2 aromatic heterocycles. The summed E-state index contributed by atoms with van der Waals surface area (Å²) in [6, 6.07) is 8.45. The highest BCUT2D eigenvalue weighted by Gasteiger charge is 2.23. The zero-order valence-electron chi connectivity index (χ0n) is 19.0. The Bertz CT molecular complexity index is 1050. The van der Waals surface area contributed by atoms with Crippen LogP contribution in [-0.2, 0) is 6.54 Å². The van der Waals surface area contributed by atoms with Gasteiger partial charge in [-0.25, -0.2) is 9.37 Å². The van der Waals surface area contributed by atoms with Crippen molar-refractivity contribution >= 4 is 17.2 Å². The Kier molecular flexibility index (Phi) is 7.40. The van der Waals surface area contributed by atoms with Crippen molar-refractivity contribution in [3.05, 3.63) is 52.8 Å². The molecule has 0 spiro atoms. The van der Waals surface area contributed by atoms with Crippen molar-refractivity contribution in [1.29, 1.82) is 0 Å². The lowest BCUT2D eigenvalue weighted by Crippen LogP contribution is -2.25. The molecule has 0 radical (unpaired) electrons. The van der Waals surface area contributed by atoms with Gasteiger partial charge in [0.15, 0.2) is 0 Å². The highest BCUT2D eigenvalue weighted by atomic mass is 32.1. The van der Waals surface area contributed by atoms with Gasteiger partial charge in [0.05, 0.1) is 17.0 Å². The first kappa shape index (κ1) is 22.7. The molecular formula is C26H32FN3OS. The van der Waals surface area contributed by atoms with Gasteiger partial charge >= 0.3 is 0 Å². The topological polar surface area (TPSA) is 46.9 Å². The Hall–Kier alpha value is -2.47. The third kappa shape index (κ3) is 5.12. The van der Waals surface area contributed by atoms with Crippen LogP contribution in [0.3, 0.4) is 0 Å². The molecule has 0 saturated heterocycles. The fraction of sp³-hybridized carbons (Fsp3) is 0.462. The van der Waals surface area contributed by atoms with Crippen molar-refractivity contribution in [2.45, 2.75) is 65.3 Å². The molecule has 32 heavy (non-hydrogen) atoms. The van der Waals surface area contributed by atoms with E-state index in [1.54, 1.807) is 23.5 Å². The molecule has 170 valence electrons. The van der Waals surface area contributed by atoms with Crippen LogP contribution in [0.25, 0.3) is 22.0 Å². The van der Waals surface area contributed by atoms with E-state index in [0.717, 1.165) is 52.6 Å². The zero-order chi connectivity index (χ0) is 22.5. The summed E-state index contributed by atoms with van der Waals surface area (Å²) < 4.78 is 15.6. The van der Waals surface area contributed by atoms with E-state index in [1.165, 1.54) is 44.2 Å². The number of unbranched alkanes of at least 4 members (excludes halogenated alkanes) is 1. The van der Waals surface area contributed by atoms with Crippen molar-refractivity contribution < 1.29 is 9.18 Å². The van der Waals surface area contributed by atoms with E-state index >= 15 is 0 Å². The summed E-state index contributed by atoms with van der Waals surface area (Å²) in [5.74, 6) is 0.384. The van der Waals surface area contributed by atoms with Gasteiger partial charge in [-0.05, 0) is 62.4 Å². The molecule has 3 aromatic rings. The summed E-state index contributed by atoms with van der Waals surface area (Å²) >= 11 is 1.55. The van der Waals surface area contributed by atoms with Crippen LogP contribution in [0.4, 0.5) is 4.39 Å². The number of nitrogens with zero attached hydrogens (tertiary/aromatic N) is 2. The largest absolute Gasteiger partial charge is 0.352 e. The molecule has 0 bridgehead atoms. The molecule has 2 heterocycles. The summed E-state index contributed by atoms with van der Waals surface area (Å²) in [5, 5.41) is 5.97. The molecule has 1 saturated carbocycles. The standard InChI is InChI=1S/C26H32FN3OS/c1-3-4-14-28-25(31)22-15-24(30(18(22)2)16-19-8-6-5-7-9-19)23-17-32-26(29-23)20-10-12-21(27)13-11-20/h10-13,15,17,19H,3-9,14,16H2,1-2H3,(H,28,31). The van der Waals surface area contributed by atoms with Crippen LogP contribution in [0.15, 0.2) is 35.7 Å². The Morgan fingerprint density at radius 2 is 1.97 bits per heavy atom. The molecule has 4 nitrogen and oxygen atoms in total. The van der Waals surface area contributed by atoms with Gasteiger partial charge in [0.2, 0.25) is 0 Å². The first-order valence-electron chi connectivity index (χ1n) is 11.8. The van der Waals surface area contributed by atoms with Gasteiger partial charge in [-0.2, -0.15) is 0 Å². The molecule has 1 fully saturated rings. The highest BCUT2D eigenvalue weighted by molar-refractivity contribution is 7.13. The molecule has 0 atom stereocenters. The van der Waals surface area contributed by atoms with E-state index in [2.05, 4.69) is 16.8 Å². The van der Waals surface area contributed by atoms with E-state index in [-0.39, 0.29) is 11.7 Å². The summed E-state index contributed by atoms with van der Waals surface area (Å²) in [6.07, 6.45) is 8.42. The third-order valence-electron chi connectivity index (χ3n) is 6.45. The first-order valence-corrected chi connectivity index (χ1v) is 12.6. The van der Waals surface area contributed by atoms with Crippen molar-refractivity contribution in [2.75, 3.05) is 6.54 Å². The summed E-state index contributed by atoms with van der Waals surface area (Å²) in [7, 11) is 0. The quantitative estimate of drug-likeness (QED) is 0.380. The number of thiazole rings is 1. The Balaban J connectivity index is 1.66. The maximum atomic E-state index is 13.3. The maximum absolute atomic E-state index is 13.3. The van der Waals surface area contributed by atoms with Crippen molar-refractivity contribution in [1.82, 2.24) is 14.9 Å². The van der Waals surface area contributed by atoms with Crippen LogP contribution in [0.1, 0.15) is 67.9 Å². The minimum atomic E-state index is -0.249. The smallest absolute Gasteiger partial charge is 0.253 e. The number of carbonyl (C=O) groups is 1. The van der Waals surface area contributed by atoms with Gasteiger partial charge in [-0.15, -0.1) is 11.3 Å². The maximum Gasteiger partial charge on any atom is 0.253 e. The predicted molar refractivity (Wildman–Crippen MR) is 129 cm³/mol. The highest BCUT2D eigenvalue weighted by Crippen LogP contribution is 2.34. The molecule has 0 aliphatic heterocycles. The number of nitrogens with one attached hydrogen (secondary N) is 1. The van der Waals surface area contributed by atoms with Crippen LogP contribution in [0, 0.1) is 18.7 Å². The number of benzene rings is 1. The van der Waals surface area contributed by atoms with Crippen molar-refractivity contribution in [2.24, 2.45) is 5.92 Å². The third-order valence-corrected chi connectivity index (χ3v) is 7.34. The van der Waals surface area contributed by atoms with Gasteiger partial charge in [0.25, 0.3) is 5.91 Å². The molecular weight excluding hydrogens is 421 g/mol. The second kappa shape index (κ2) is 10.4. The second-order valence-corrected chi connectivity index (χ2v) is 9.66. The molecule has 1 aromatic carbocycles. The summed E-state index contributed by atoms with van der Waals surface area (Å²) in [6.45, 7) is 5.79. The van der Waals surface area contributed by atoms with Gasteiger partial charge in [-0.1, -0.05) is 32.6 Å². The van der Waals surface area contributed by atoms with Gasteiger partial charge in [0.1, 0.15) is 10.8 Å². The molecule has 4 rings (SSSR count). The number of halogens is 1. The normalized spacial score (nSPS) is 14.6. The number of hydrogen-bond donors (Lipinski definition) is 1. The van der Waals surface area contributed by atoms with Crippen molar-refractivity contribution in [3.63, 3.8) is 0 Å². The van der Waals surface area contributed by atoms with E-state index in [1.807, 2.05) is 18.4 Å². The first-order chi connectivity index (χ1) is 15.6. The fourth-order valence-electron chi connectivity index (χ4n) is 4.54. The van der Waals surface area contributed by atoms with E-state index in [4.69, 9.17) is 4.98 Å². The number of carbonyl (C=O) groups excluding carboxylic acids is 1. The van der Waals surface area contributed by atoms with E-state index < -0.39 is 0 Å².